The summed E-state index contributed by atoms with van der Waals surface area (Å²) in [6, 6.07) is 14.1. The first-order chi connectivity index (χ1) is 24.0. The van der Waals surface area contributed by atoms with Crippen LogP contribution in [0.5, 0.6) is 0 Å². The van der Waals surface area contributed by atoms with Crippen molar-refractivity contribution in [3.05, 3.63) is 132 Å². The molecule has 0 spiro atoms. The molecule has 265 valence electrons. The van der Waals surface area contributed by atoms with Gasteiger partial charge < -0.3 is 4.90 Å². The fourth-order valence-electron chi connectivity index (χ4n) is 6.03. The van der Waals surface area contributed by atoms with Crippen LogP contribution in [0.25, 0.3) is 16.7 Å². The summed E-state index contributed by atoms with van der Waals surface area (Å²) in [7, 11) is 10.6. The number of alkyl halides is 6. The molecule has 1 unspecified atom stereocenters. The molecule has 1 atom stereocenters. The van der Waals surface area contributed by atoms with E-state index < -0.39 is 23.5 Å². The summed E-state index contributed by atoms with van der Waals surface area (Å²) in [5.74, 6) is 0. The van der Waals surface area contributed by atoms with Gasteiger partial charge in [0.2, 0.25) is 0 Å². The van der Waals surface area contributed by atoms with Crippen molar-refractivity contribution >= 4 is 92.8 Å². The number of allylic oxidation sites excluding steroid dienone is 10. The molecule has 2 nitrogen and oxygen atoms in total. The maximum absolute atomic E-state index is 14.1. The predicted octanol–water partition coefficient (Wildman–Crippen LogP) is 10.0. The fourth-order valence-corrected chi connectivity index (χ4v) is 9.50. The standard InChI is InChI=1S/C39H36F6N2PS2.Pb/c1-46(2)31-12-14-33(35(48)21-31)27(23-49)11-10-26-7-5-6-25(9-8-24-16-17-50-36-22-32(47(3)4)13-15-34(24)36)37(26)28-18-29(38(40,41)42)20-30(19-28)39(43,44)45;/h8-16,18-23,49H,5-7,48H2,1-4H3;/p+1/b11-10+,24-8+,25-9+,27-23-;. The van der Waals surface area contributed by atoms with Crippen LogP contribution >= 0.6 is 21.0 Å². The van der Waals surface area contributed by atoms with Gasteiger partial charge in [-0.3, -0.25) is 0 Å². The van der Waals surface area contributed by atoms with Gasteiger partial charge in [-0.15, -0.1) is 9.24 Å². The van der Waals surface area contributed by atoms with E-state index in [1.807, 2.05) is 86.6 Å². The molecular weight excluding hydrogens is 913 g/mol. The molecular formula is C39H37F6N2PPbS2+. The van der Waals surface area contributed by atoms with E-state index in [-0.39, 0.29) is 11.6 Å². The second-order valence-corrected chi connectivity index (χ2v) is 18.1. The molecule has 0 saturated carbocycles. The molecule has 2 aliphatic rings. The Morgan fingerprint density at radius 2 is 1.47 bits per heavy atom. The van der Waals surface area contributed by atoms with Gasteiger partial charge >= 0.3 is 255 Å². The monoisotopic (exact) mass is 950 g/mol. The van der Waals surface area contributed by atoms with E-state index in [1.54, 1.807) is 17.2 Å². The molecule has 3 radical (unpaired) electrons. The topological polar surface area (TPSA) is 6.48 Å². The largest absolute Gasteiger partial charge is 0.105 e. The number of nitrogens with zero attached hydrogens (tertiary/aromatic N) is 2. The Morgan fingerprint density at radius 3 is 2.06 bits per heavy atom. The molecule has 0 fully saturated rings. The van der Waals surface area contributed by atoms with Crippen molar-refractivity contribution in [1.82, 2.24) is 0 Å². The average molecular weight is 950 g/mol. The van der Waals surface area contributed by atoms with Gasteiger partial charge in [0.25, 0.3) is 0 Å². The number of thioether (sulfide) groups is 1. The van der Waals surface area contributed by atoms with Crippen LogP contribution in [0.15, 0.2) is 109 Å². The Labute approximate surface area is 323 Å². The second kappa shape index (κ2) is 16.1. The zero-order chi connectivity index (χ0) is 37.2. The first-order valence-corrected chi connectivity index (χ1v) is 19.9. The van der Waals surface area contributed by atoms with E-state index in [2.05, 4.69) is 40.1 Å². The normalized spacial score (nSPS) is 17.4. The third-order valence-corrected chi connectivity index (χ3v) is 12.1. The molecule has 1 heterocycles. The van der Waals surface area contributed by atoms with E-state index in [9.17, 15) is 26.3 Å². The van der Waals surface area contributed by atoms with Crippen LogP contribution in [0.2, 0.25) is 0 Å². The number of halogens is 6. The molecule has 0 bridgehead atoms. The summed E-state index contributed by atoms with van der Waals surface area (Å²) in [6.45, 7) is 0. The average Bonchev–Trinajstić information content (AvgIpc) is 3.06. The Bertz CT molecular complexity index is 1990. The van der Waals surface area contributed by atoms with Crippen molar-refractivity contribution < 1.29 is 26.3 Å². The number of hydrogen-bond donors (Lipinski definition) is 0. The minimum absolute atomic E-state index is 0.110. The van der Waals surface area contributed by atoms with Gasteiger partial charge in [0.1, 0.15) is 0 Å². The van der Waals surface area contributed by atoms with Crippen LogP contribution in [-0.2, 0) is 25.0 Å². The van der Waals surface area contributed by atoms with Gasteiger partial charge in [-0.1, -0.05) is 6.07 Å². The van der Waals surface area contributed by atoms with Crippen LogP contribution in [0.1, 0.15) is 47.1 Å². The number of hydrogen-bond acceptors (Lipinski definition) is 3. The van der Waals surface area contributed by atoms with E-state index in [4.69, 9.17) is 0 Å². The van der Waals surface area contributed by atoms with Crippen LogP contribution in [0, 0.1) is 0 Å². The number of anilines is 2. The van der Waals surface area contributed by atoms with Crippen LogP contribution in [-0.4, -0.2) is 54.0 Å². The van der Waals surface area contributed by atoms with Gasteiger partial charge in [0.05, 0.1) is 0 Å². The predicted molar refractivity (Wildman–Crippen MR) is 211 cm³/mol. The van der Waals surface area contributed by atoms with Gasteiger partial charge in [0.15, 0.2) is 0 Å². The molecule has 1 aliphatic carbocycles. The molecule has 12 heteroatoms. The Hall–Kier alpha value is -2.67. The molecule has 0 amide bonds. The molecule has 3 aromatic rings. The van der Waals surface area contributed by atoms with Gasteiger partial charge in [0, 0.05) is 19.8 Å². The van der Waals surface area contributed by atoms with Gasteiger partial charge in [-0.2, -0.15) is 0 Å². The fraction of sp³-hybridized carbons (Fsp3) is 0.231. The van der Waals surface area contributed by atoms with Gasteiger partial charge in [-0.25, -0.2) is 0 Å². The van der Waals surface area contributed by atoms with Crippen molar-refractivity contribution in [1.29, 1.82) is 0 Å². The summed E-state index contributed by atoms with van der Waals surface area (Å²) in [4.78, 5) is 5.13. The molecule has 1 aliphatic heterocycles. The van der Waals surface area contributed by atoms with Crippen molar-refractivity contribution in [3.8, 4) is 0 Å². The minimum atomic E-state index is -4.96. The number of benzene rings is 3. The zero-order valence-electron chi connectivity index (χ0n) is 28.4. The van der Waals surface area contributed by atoms with E-state index in [0.29, 0.717) is 36.0 Å². The summed E-state index contributed by atoms with van der Waals surface area (Å²) >= 11 is 6.06. The molecule has 0 aromatic heterocycles. The van der Waals surface area contributed by atoms with Crippen molar-refractivity contribution in [2.75, 3.05) is 38.0 Å². The second-order valence-electron chi connectivity index (χ2n) is 12.6. The van der Waals surface area contributed by atoms with Crippen LogP contribution < -0.4 is 15.1 Å². The smallest absolute Gasteiger partial charge is 0.0202 e. The minimum Gasteiger partial charge on any atom is -0.105 e. The summed E-state index contributed by atoms with van der Waals surface area (Å²) < 4.78 is 85.8. The first kappa shape index (κ1) is 39.5. The van der Waals surface area contributed by atoms with Crippen molar-refractivity contribution in [2.24, 2.45) is 0 Å². The van der Waals surface area contributed by atoms with Crippen LogP contribution in [0.4, 0.5) is 37.7 Å². The summed E-state index contributed by atoms with van der Waals surface area (Å²) in [6.07, 6.45) is 1.34. The number of rotatable bonds is 7. The van der Waals surface area contributed by atoms with E-state index >= 15 is 0 Å². The quantitative estimate of drug-likeness (QED) is 0.0767. The molecule has 5 rings (SSSR count). The third kappa shape index (κ3) is 9.47. The van der Waals surface area contributed by atoms with Gasteiger partial charge in [-0.05, 0) is 30.1 Å². The van der Waals surface area contributed by atoms with Crippen molar-refractivity contribution in [2.45, 2.75) is 36.5 Å². The molecule has 51 heavy (non-hydrogen) atoms. The third-order valence-electron chi connectivity index (χ3n) is 8.66. The number of fused-ring (bicyclic) bond motifs is 1. The zero-order valence-corrected chi connectivity index (χ0v) is 35.3. The Morgan fingerprint density at radius 1 is 0.843 bits per heavy atom. The summed E-state index contributed by atoms with van der Waals surface area (Å²) in [5.41, 5.74) is 4.71. The first-order valence-electron chi connectivity index (χ1n) is 16.0. The van der Waals surface area contributed by atoms with Crippen molar-refractivity contribution in [3.63, 3.8) is 0 Å². The molecule has 3 aromatic carbocycles. The Balaban J connectivity index is 1.70. The summed E-state index contributed by atoms with van der Waals surface area (Å²) in [5, 5.41) is 2.69. The van der Waals surface area contributed by atoms with E-state index in [1.165, 1.54) is 2.46 Å². The molecule has 0 N–H and O–H groups in total. The Kier molecular flexibility index (Phi) is 12.5. The maximum atomic E-state index is 14.1. The molecule has 0 saturated heterocycles. The maximum Gasteiger partial charge on any atom is -0.0202 e. The SMILES string of the molecule is CN(C)c1ccc(C(=C\[SH2+])/C=C/C2=C(c3cc(C(F)(F)F)cc(C(F)(F)F)c3)C(=C/C=C3\C=[C]([Pb])Sc4cc(N(C)C)ccc43)/CCC2)c(P)c1. The van der Waals surface area contributed by atoms with Crippen LogP contribution in [0.3, 0.4) is 0 Å². The van der Waals surface area contributed by atoms with E-state index in [0.717, 1.165) is 81.7 Å².